The van der Waals surface area contributed by atoms with Crippen molar-refractivity contribution < 1.29 is 0 Å². The molecule has 0 aliphatic carbocycles. The second-order valence-electron chi connectivity index (χ2n) is 6.80. The van der Waals surface area contributed by atoms with E-state index in [-0.39, 0.29) is 17.9 Å². The first-order valence-corrected chi connectivity index (χ1v) is 8.08. The Labute approximate surface area is 149 Å². The summed E-state index contributed by atoms with van der Waals surface area (Å²) in [5.74, 6) is 0.0128. The van der Waals surface area contributed by atoms with E-state index in [0.717, 1.165) is 22.4 Å². The van der Waals surface area contributed by atoms with Crippen LogP contribution in [0, 0.1) is 0 Å². The predicted octanol–water partition coefficient (Wildman–Crippen LogP) is 3.50. The summed E-state index contributed by atoms with van der Waals surface area (Å²) in [6.45, 7) is 14.6. The van der Waals surface area contributed by atoms with Gasteiger partial charge in [0, 0.05) is 16.7 Å². The third-order valence-corrected chi connectivity index (χ3v) is 3.97. The zero-order valence-electron chi connectivity index (χ0n) is 15.1. The van der Waals surface area contributed by atoms with E-state index in [0.29, 0.717) is 5.69 Å². The minimum Gasteiger partial charge on any atom is -0.370 e. The molecule has 0 fully saturated rings. The molecule has 0 bridgehead atoms. The normalized spacial score (nSPS) is 11.0. The van der Waals surface area contributed by atoms with E-state index in [2.05, 4.69) is 73.4 Å². The third kappa shape index (κ3) is 4.12. The molecule has 2 rings (SSSR count). The van der Waals surface area contributed by atoms with Gasteiger partial charge in [0.05, 0.1) is 12.2 Å². The first-order valence-electron chi connectivity index (χ1n) is 8.08. The monoisotopic (exact) mass is 335 g/mol. The maximum Gasteiger partial charge on any atom is 0.186 e. The zero-order chi connectivity index (χ0) is 18.6. The molecule has 0 aliphatic heterocycles. The second kappa shape index (κ2) is 7.30. The van der Waals surface area contributed by atoms with E-state index in [1.54, 1.807) is 12.2 Å². The van der Waals surface area contributed by atoms with Gasteiger partial charge < -0.3 is 11.5 Å². The highest BCUT2D eigenvalue weighted by molar-refractivity contribution is 5.79. The lowest BCUT2D eigenvalue weighted by Gasteiger charge is -2.19. The molecule has 25 heavy (non-hydrogen) atoms. The van der Waals surface area contributed by atoms with Gasteiger partial charge in [-0.2, -0.15) is 5.10 Å². The number of guanidine groups is 1. The topological polar surface area (TPSA) is 90.2 Å². The Morgan fingerprint density at radius 3 is 2.12 bits per heavy atom. The molecule has 0 unspecified atom stereocenters. The van der Waals surface area contributed by atoms with Crippen LogP contribution in [-0.4, -0.2) is 16.2 Å². The number of rotatable bonds is 5. The van der Waals surface area contributed by atoms with E-state index in [9.17, 15) is 0 Å². The summed E-state index contributed by atoms with van der Waals surface area (Å²) >= 11 is 0. The van der Waals surface area contributed by atoms with Crippen LogP contribution >= 0.6 is 0 Å². The first-order chi connectivity index (χ1) is 11.8. The SMILES string of the molecule is C=Cc1c(CN=C(N)N)nnc(-c2ccc(C(C)(C)C)cc2)c1C=C. The molecule has 0 atom stereocenters. The van der Waals surface area contributed by atoms with Crippen LogP contribution in [0.4, 0.5) is 0 Å². The van der Waals surface area contributed by atoms with Crippen molar-refractivity contribution >= 4 is 18.1 Å². The summed E-state index contributed by atoms with van der Waals surface area (Å²) in [4.78, 5) is 4.01. The minimum atomic E-state index is 0.0128. The van der Waals surface area contributed by atoms with Crippen molar-refractivity contribution in [2.75, 3.05) is 0 Å². The summed E-state index contributed by atoms with van der Waals surface area (Å²) < 4.78 is 0. The van der Waals surface area contributed by atoms with Gasteiger partial charge in [0.1, 0.15) is 5.69 Å². The van der Waals surface area contributed by atoms with Gasteiger partial charge in [-0.1, -0.05) is 70.3 Å². The van der Waals surface area contributed by atoms with Crippen LogP contribution in [0.25, 0.3) is 23.4 Å². The summed E-state index contributed by atoms with van der Waals surface area (Å²) in [5.41, 5.74) is 16.3. The van der Waals surface area contributed by atoms with Crippen LogP contribution < -0.4 is 11.5 Å². The highest BCUT2D eigenvalue weighted by atomic mass is 15.1. The molecule has 0 saturated heterocycles. The Morgan fingerprint density at radius 1 is 1.04 bits per heavy atom. The van der Waals surface area contributed by atoms with Crippen molar-refractivity contribution in [1.29, 1.82) is 0 Å². The summed E-state index contributed by atoms with van der Waals surface area (Å²) in [5, 5.41) is 8.67. The largest absolute Gasteiger partial charge is 0.370 e. The lowest BCUT2D eigenvalue weighted by Crippen LogP contribution is -2.22. The Balaban J connectivity index is 2.53. The third-order valence-electron chi connectivity index (χ3n) is 3.97. The van der Waals surface area contributed by atoms with Crippen molar-refractivity contribution in [2.24, 2.45) is 16.5 Å². The zero-order valence-corrected chi connectivity index (χ0v) is 15.1. The van der Waals surface area contributed by atoms with Crippen molar-refractivity contribution in [2.45, 2.75) is 32.7 Å². The number of hydrogen-bond acceptors (Lipinski definition) is 3. The van der Waals surface area contributed by atoms with Gasteiger partial charge in [0.25, 0.3) is 0 Å². The van der Waals surface area contributed by atoms with Gasteiger partial charge in [-0.05, 0) is 11.0 Å². The van der Waals surface area contributed by atoms with Gasteiger partial charge in [-0.25, -0.2) is 4.99 Å². The van der Waals surface area contributed by atoms with Crippen molar-refractivity contribution in [3.05, 3.63) is 59.8 Å². The molecule has 0 saturated carbocycles. The van der Waals surface area contributed by atoms with Gasteiger partial charge in [0.15, 0.2) is 5.96 Å². The lowest BCUT2D eigenvalue weighted by atomic mass is 9.86. The molecule has 1 aromatic carbocycles. The Morgan fingerprint density at radius 2 is 1.64 bits per heavy atom. The molecule has 4 N–H and O–H groups in total. The maximum absolute atomic E-state index is 5.41. The molecule has 0 amide bonds. The summed E-state index contributed by atoms with van der Waals surface area (Å²) in [6.07, 6.45) is 3.49. The van der Waals surface area contributed by atoms with Crippen LogP contribution in [0.1, 0.15) is 43.2 Å². The average molecular weight is 335 g/mol. The minimum absolute atomic E-state index is 0.0128. The van der Waals surface area contributed by atoms with Gasteiger partial charge >= 0.3 is 0 Å². The fourth-order valence-corrected chi connectivity index (χ4v) is 2.56. The Bertz CT molecular complexity index is 807. The number of nitrogens with zero attached hydrogens (tertiary/aromatic N) is 3. The van der Waals surface area contributed by atoms with Gasteiger partial charge in [-0.15, -0.1) is 5.10 Å². The number of benzene rings is 1. The molecule has 0 spiro atoms. The standard InChI is InChI=1S/C20H25N5/c1-6-15-16(7-2)18(25-24-17(15)12-23-19(21)22)13-8-10-14(11-9-13)20(3,4)5/h6-11H,1-2,12H2,3-5H3,(H4,21,22,23). The van der Waals surface area contributed by atoms with Crippen LogP contribution in [0.3, 0.4) is 0 Å². The van der Waals surface area contributed by atoms with E-state index in [1.165, 1.54) is 5.56 Å². The molecular formula is C20H25N5. The molecule has 1 heterocycles. The molecule has 2 aromatic rings. The lowest BCUT2D eigenvalue weighted by molar-refractivity contribution is 0.590. The van der Waals surface area contributed by atoms with E-state index in [1.807, 2.05) is 0 Å². The van der Waals surface area contributed by atoms with Gasteiger partial charge in [0.2, 0.25) is 0 Å². The predicted molar refractivity (Wildman–Crippen MR) is 106 cm³/mol. The Kier molecular flexibility index (Phi) is 5.37. The van der Waals surface area contributed by atoms with Crippen molar-refractivity contribution in [1.82, 2.24) is 10.2 Å². The van der Waals surface area contributed by atoms with Crippen molar-refractivity contribution in [3.8, 4) is 11.3 Å². The number of hydrogen-bond donors (Lipinski definition) is 2. The molecule has 0 aliphatic rings. The molecule has 0 radical (unpaired) electrons. The molecule has 1 aromatic heterocycles. The van der Waals surface area contributed by atoms with Crippen molar-refractivity contribution in [3.63, 3.8) is 0 Å². The van der Waals surface area contributed by atoms with E-state index >= 15 is 0 Å². The van der Waals surface area contributed by atoms with E-state index in [4.69, 9.17) is 11.5 Å². The number of aliphatic imine (C=N–C) groups is 1. The quantitative estimate of drug-likeness (QED) is 0.646. The van der Waals surface area contributed by atoms with Crippen LogP contribution in [0.2, 0.25) is 0 Å². The summed E-state index contributed by atoms with van der Waals surface area (Å²) in [7, 11) is 0. The van der Waals surface area contributed by atoms with Crippen LogP contribution in [0.15, 0.2) is 42.4 Å². The molecule has 5 nitrogen and oxygen atoms in total. The smallest absolute Gasteiger partial charge is 0.186 e. The summed E-state index contributed by atoms with van der Waals surface area (Å²) in [6, 6.07) is 8.34. The second-order valence-corrected chi connectivity index (χ2v) is 6.80. The number of nitrogens with two attached hydrogens (primary N) is 2. The molecular weight excluding hydrogens is 310 g/mol. The average Bonchev–Trinajstić information content (AvgIpc) is 2.58. The first kappa shape index (κ1) is 18.4. The molecule has 130 valence electrons. The fourth-order valence-electron chi connectivity index (χ4n) is 2.56. The van der Waals surface area contributed by atoms with Gasteiger partial charge in [-0.3, -0.25) is 0 Å². The van der Waals surface area contributed by atoms with E-state index < -0.39 is 0 Å². The fraction of sp³-hybridized carbons (Fsp3) is 0.250. The van der Waals surface area contributed by atoms with Crippen LogP contribution in [0.5, 0.6) is 0 Å². The maximum atomic E-state index is 5.41. The Hall–Kier alpha value is -2.95. The number of aromatic nitrogens is 2. The van der Waals surface area contributed by atoms with Crippen LogP contribution in [-0.2, 0) is 12.0 Å². The highest BCUT2D eigenvalue weighted by Crippen LogP contribution is 2.29. The molecule has 5 heteroatoms. The highest BCUT2D eigenvalue weighted by Gasteiger charge is 2.16.